The molecule has 0 fully saturated rings. The minimum Gasteiger partial charge on any atom is -0.462 e. The normalized spacial score (nSPS) is 12.4. The van der Waals surface area contributed by atoms with Gasteiger partial charge in [0.2, 0.25) is 0 Å². The summed E-state index contributed by atoms with van der Waals surface area (Å²) in [5.41, 5.74) is 0. The largest absolute Gasteiger partial charge is 0.462 e. The van der Waals surface area contributed by atoms with Gasteiger partial charge >= 0.3 is 17.9 Å². The van der Waals surface area contributed by atoms with Crippen LogP contribution >= 0.6 is 0 Å². The predicted octanol–water partition coefficient (Wildman–Crippen LogP) is 16.3. The summed E-state index contributed by atoms with van der Waals surface area (Å²) in [4.78, 5) is 37.9. The van der Waals surface area contributed by atoms with Gasteiger partial charge in [0.1, 0.15) is 13.2 Å². The Morgan fingerprint density at radius 1 is 0.356 bits per heavy atom. The average Bonchev–Trinajstić information content (AvgIpc) is 3.23. The number of unbranched alkanes of at least 4 members (excludes halogenated alkanes) is 26. The van der Waals surface area contributed by atoms with Crippen LogP contribution in [0.25, 0.3) is 0 Å². The monoisotopic (exact) mass is 827 g/mol. The number of allylic oxidation sites excluding steroid dienone is 8. The molecule has 0 aromatic rings. The fourth-order valence-corrected chi connectivity index (χ4v) is 7.08. The number of hydrogen-bond donors (Lipinski definition) is 0. The van der Waals surface area contributed by atoms with Gasteiger partial charge in [0.15, 0.2) is 6.10 Å². The number of esters is 3. The van der Waals surface area contributed by atoms with Crippen LogP contribution in [0.4, 0.5) is 0 Å². The molecule has 0 saturated carbocycles. The number of carbonyl (C=O) groups excluding carboxylic acids is 3. The van der Waals surface area contributed by atoms with Crippen LogP contribution in [0.1, 0.15) is 252 Å². The summed E-state index contributed by atoms with van der Waals surface area (Å²) in [6.07, 6.45) is 56.6. The van der Waals surface area contributed by atoms with Crippen molar-refractivity contribution in [2.24, 2.45) is 0 Å². The maximum atomic E-state index is 12.7. The zero-order valence-corrected chi connectivity index (χ0v) is 39.0. The lowest BCUT2D eigenvalue weighted by atomic mass is 10.0. The van der Waals surface area contributed by atoms with Gasteiger partial charge in [0.05, 0.1) is 0 Å². The van der Waals surface area contributed by atoms with Gasteiger partial charge in [-0.15, -0.1) is 0 Å². The Bertz CT molecular complexity index is 1040. The van der Waals surface area contributed by atoms with Crippen molar-refractivity contribution in [1.29, 1.82) is 0 Å². The molecule has 6 nitrogen and oxygen atoms in total. The van der Waals surface area contributed by atoms with E-state index in [2.05, 4.69) is 69.4 Å². The molecule has 342 valence electrons. The Balaban J connectivity index is 4.37. The highest BCUT2D eigenvalue weighted by molar-refractivity contribution is 5.71. The molecule has 0 saturated heterocycles. The molecule has 0 aromatic heterocycles. The van der Waals surface area contributed by atoms with Crippen molar-refractivity contribution in [2.75, 3.05) is 13.2 Å². The first-order valence-corrected chi connectivity index (χ1v) is 25.1. The molecule has 0 aromatic carbocycles. The van der Waals surface area contributed by atoms with E-state index in [4.69, 9.17) is 14.2 Å². The number of rotatable bonds is 45. The van der Waals surface area contributed by atoms with E-state index in [1.165, 1.54) is 116 Å². The first kappa shape index (κ1) is 56.4. The van der Waals surface area contributed by atoms with E-state index in [0.29, 0.717) is 19.3 Å². The van der Waals surface area contributed by atoms with Gasteiger partial charge in [-0.05, 0) is 57.8 Å². The Morgan fingerprint density at radius 3 is 1.03 bits per heavy atom. The molecule has 0 unspecified atom stereocenters. The minimum absolute atomic E-state index is 0.0775. The molecular formula is C53H94O6. The Hall–Kier alpha value is -2.63. The molecular weight excluding hydrogens is 733 g/mol. The highest BCUT2D eigenvalue weighted by atomic mass is 16.6. The zero-order chi connectivity index (χ0) is 43.0. The fraction of sp³-hybridized carbons (Fsp3) is 0.792. The van der Waals surface area contributed by atoms with Crippen molar-refractivity contribution >= 4 is 17.9 Å². The molecule has 6 heteroatoms. The summed E-state index contributed by atoms with van der Waals surface area (Å²) >= 11 is 0. The SMILES string of the molecule is CC/C=C\C/C=C\C/C=C\C/C=C\CCCCCCC(=O)OC[C@H](COC(=O)CCCCCCCCCCCCCCC)OC(=O)CCCCCCCCCCCCC. The summed E-state index contributed by atoms with van der Waals surface area (Å²) in [6, 6.07) is 0. The smallest absolute Gasteiger partial charge is 0.306 e. The first-order chi connectivity index (χ1) is 29.0. The second-order valence-corrected chi connectivity index (χ2v) is 16.7. The molecule has 0 amide bonds. The van der Waals surface area contributed by atoms with E-state index < -0.39 is 6.10 Å². The highest BCUT2D eigenvalue weighted by Gasteiger charge is 2.19. The standard InChI is InChI=1S/C53H94O6/c1-4-7-10-13-16-19-22-24-25-26-27-29-32-34-37-40-43-46-52(55)58-49-50(59-53(56)47-44-41-38-35-30-21-18-15-12-9-6-3)48-57-51(54)45-42-39-36-33-31-28-23-20-17-14-11-8-5-2/h7,10,16,19,24-25,27,29,50H,4-6,8-9,11-15,17-18,20-23,26,28,30-49H2,1-3H3/b10-7-,19-16-,25-24-,29-27-/t50-/m0/s1. The third-order valence-corrected chi connectivity index (χ3v) is 10.8. The molecule has 0 heterocycles. The molecule has 0 N–H and O–H groups in total. The average molecular weight is 827 g/mol. The third-order valence-electron chi connectivity index (χ3n) is 10.8. The van der Waals surface area contributed by atoms with Crippen LogP contribution in [0.3, 0.4) is 0 Å². The Labute approximate surface area is 365 Å². The Kier molecular flexibility index (Phi) is 45.9. The molecule has 0 aliphatic rings. The van der Waals surface area contributed by atoms with E-state index in [1.807, 2.05) is 0 Å². The maximum absolute atomic E-state index is 12.7. The van der Waals surface area contributed by atoms with Crippen molar-refractivity contribution in [3.63, 3.8) is 0 Å². The molecule has 0 radical (unpaired) electrons. The van der Waals surface area contributed by atoms with E-state index >= 15 is 0 Å². The second kappa shape index (κ2) is 48.0. The van der Waals surface area contributed by atoms with Crippen LogP contribution in [-0.4, -0.2) is 37.2 Å². The lowest BCUT2D eigenvalue weighted by molar-refractivity contribution is -0.167. The van der Waals surface area contributed by atoms with Crippen LogP contribution in [0.5, 0.6) is 0 Å². The molecule has 0 aliphatic heterocycles. The number of ether oxygens (including phenoxy) is 3. The lowest BCUT2D eigenvalue weighted by Crippen LogP contribution is -2.30. The van der Waals surface area contributed by atoms with Gasteiger partial charge in [-0.2, -0.15) is 0 Å². The lowest BCUT2D eigenvalue weighted by Gasteiger charge is -2.18. The van der Waals surface area contributed by atoms with Crippen molar-refractivity contribution in [1.82, 2.24) is 0 Å². The molecule has 0 spiro atoms. The fourth-order valence-electron chi connectivity index (χ4n) is 7.08. The molecule has 59 heavy (non-hydrogen) atoms. The Morgan fingerprint density at radius 2 is 0.661 bits per heavy atom. The van der Waals surface area contributed by atoms with E-state index in [1.54, 1.807) is 0 Å². The highest BCUT2D eigenvalue weighted by Crippen LogP contribution is 2.15. The summed E-state index contributed by atoms with van der Waals surface area (Å²) in [6.45, 7) is 6.51. The first-order valence-electron chi connectivity index (χ1n) is 25.1. The minimum atomic E-state index is -0.777. The maximum Gasteiger partial charge on any atom is 0.306 e. The van der Waals surface area contributed by atoms with Crippen molar-refractivity contribution in [3.05, 3.63) is 48.6 Å². The molecule has 0 aliphatic carbocycles. The van der Waals surface area contributed by atoms with Crippen LogP contribution in [0, 0.1) is 0 Å². The molecule has 0 rings (SSSR count). The summed E-state index contributed by atoms with van der Waals surface area (Å²) in [5.74, 6) is -0.896. The van der Waals surface area contributed by atoms with Crippen molar-refractivity contribution < 1.29 is 28.6 Å². The number of hydrogen-bond acceptors (Lipinski definition) is 6. The van der Waals surface area contributed by atoms with Gasteiger partial charge in [0, 0.05) is 19.3 Å². The topological polar surface area (TPSA) is 78.9 Å². The third kappa shape index (κ3) is 46.3. The van der Waals surface area contributed by atoms with Gasteiger partial charge in [0.25, 0.3) is 0 Å². The van der Waals surface area contributed by atoms with E-state index in [-0.39, 0.29) is 31.1 Å². The van der Waals surface area contributed by atoms with E-state index in [9.17, 15) is 14.4 Å². The van der Waals surface area contributed by atoms with Gasteiger partial charge in [-0.3, -0.25) is 14.4 Å². The summed E-state index contributed by atoms with van der Waals surface area (Å²) < 4.78 is 16.8. The second-order valence-electron chi connectivity index (χ2n) is 16.7. The summed E-state index contributed by atoms with van der Waals surface area (Å²) in [7, 11) is 0. The van der Waals surface area contributed by atoms with Gasteiger partial charge in [-0.1, -0.05) is 223 Å². The molecule has 1 atom stereocenters. The van der Waals surface area contributed by atoms with Crippen LogP contribution in [-0.2, 0) is 28.6 Å². The van der Waals surface area contributed by atoms with E-state index in [0.717, 1.165) is 96.3 Å². The van der Waals surface area contributed by atoms with Gasteiger partial charge in [-0.25, -0.2) is 0 Å². The molecule has 0 bridgehead atoms. The predicted molar refractivity (Wildman–Crippen MR) is 252 cm³/mol. The number of carbonyl (C=O) groups is 3. The zero-order valence-electron chi connectivity index (χ0n) is 39.0. The van der Waals surface area contributed by atoms with Crippen molar-refractivity contribution in [3.8, 4) is 0 Å². The van der Waals surface area contributed by atoms with Gasteiger partial charge < -0.3 is 14.2 Å². The van der Waals surface area contributed by atoms with Crippen molar-refractivity contribution in [2.45, 2.75) is 258 Å². The summed E-state index contributed by atoms with van der Waals surface area (Å²) in [5, 5.41) is 0. The van der Waals surface area contributed by atoms with Crippen LogP contribution in [0.15, 0.2) is 48.6 Å². The van der Waals surface area contributed by atoms with Crippen LogP contribution < -0.4 is 0 Å². The van der Waals surface area contributed by atoms with Crippen LogP contribution in [0.2, 0.25) is 0 Å². The quantitative estimate of drug-likeness (QED) is 0.0263.